The smallest absolute Gasteiger partial charge is 0.0965 e. The van der Waals surface area contributed by atoms with Crippen LogP contribution in [0.1, 0.15) is 34.5 Å². The lowest BCUT2D eigenvalue weighted by atomic mass is 10.1. The molecule has 1 aromatic heterocycles. The molecule has 0 saturated heterocycles. The lowest BCUT2D eigenvalue weighted by Crippen LogP contribution is -2.20. The number of nitrogens with one attached hydrogen (secondary N) is 1. The minimum absolute atomic E-state index is 0.482. The zero-order valence-electron chi connectivity index (χ0n) is 11.2. The summed E-state index contributed by atoms with van der Waals surface area (Å²) >= 11 is 1.73. The van der Waals surface area contributed by atoms with Crippen molar-refractivity contribution < 1.29 is 0 Å². The van der Waals surface area contributed by atoms with Crippen LogP contribution in [0.2, 0.25) is 0 Å². The number of thiazole rings is 1. The van der Waals surface area contributed by atoms with Crippen molar-refractivity contribution in [2.75, 3.05) is 6.54 Å². The van der Waals surface area contributed by atoms with Gasteiger partial charge in [-0.25, -0.2) is 4.98 Å². The van der Waals surface area contributed by atoms with E-state index >= 15 is 0 Å². The third kappa shape index (κ3) is 3.40. The monoisotopic (exact) mass is 260 g/mol. The molecule has 2 nitrogen and oxygen atoms in total. The summed E-state index contributed by atoms with van der Waals surface area (Å²) in [6.07, 6.45) is 1.88. The topological polar surface area (TPSA) is 24.9 Å². The van der Waals surface area contributed by atoms with Gasteiger partial charge in [-0.2, -0.15) is 0 Å². The van der Waals surface area contributed by atoms with Crippen molar-refractivity contribution in [2.45, 2.75) is 33.2 Å². The van der Waals surface area contributed by atoms with Crippen molar-refractivity contribution in [3.05, 3.63) is 51.5 Å². The van der Waals surface area contributed by atoms with Crippen molar-refractivity contribution in [3.8, 4) is 0 Å². The van der Waals surface area contributed by atoms with E-state index in [4.69, 9.17) is 0 Å². The predicted molar refractivity (Wildman–Crippen MR) is 78.2 cm³/mol. The second kappa shape index (κ2) is 6.12. The quantitative estimate of drug-likeness (QED) is 0.887. The Morgan fingerprint density at radius 3 is 2.89 bits per heavy atom. The summed E-state index contributed by atoms with van der Waals surface area (Å²) in [5.74, 6) is 0.482. The molecule has 96 valence electrons. The van der Waals surface area contributed by atoms with Gasteiger partial charge in [-0.3, -0.25) is 0 Å². The van der Waals surface area contributed by atoms with Crippen LogP contribution in [0, 0.1) is 13.8 Å². The highest BCUT2D eigenvalue weighted by Gasteiger charge is 2.07. The molecule has 0 fully saturated rings. The summed E-state index contributed by atoms with van der Waals surface area (Å²) in [4.78, 5) is 4.35. The SMILES string of the molecule is Cc1ccc(C)c(CNCC(C)c2nccs2)c1. The molecule has 1 heterocycles. The van der Waals surface area contributed by atoms with Gasteiger partial charge in [-0.1, -0.05) is 30.7 Å². The highest BCUT2D eigenvalue weighted by Crippen LogP contribution is 2.17. The summed E-state index contributed by atoms with van der Waals surface area (Å²) in [5, 5.41) is 6.77. The molecule has 0 bridgehead atoms. The molecule has 0 saturated carbocycles. The van der Waals surface area contributed by atoms with E-state index in [0.29, 0.717) is 5.92 Å². The van der Waals surface area contributed by atoms with Gasteiger partial charge in [0.05, 0.1) is 5.01 Å². The van der Waals surface area contributed by atoms with Crippen LogP contribution >= 0.6 is 11.3 Å². The molecular formula is C15H20N2S. The molecule has 0 radical (unpaired) electrons. The average molecular weight is 260 g/mol. The van der Waals surface area contributed by atoms with Gasteiger partial charge >= 0.3 is 0 Å². The van der Waals surface area contributed by atoms with Crippen LogP contribution in [-0.2, 0) is 6.54 Å². The van der Waals surface area contributed by atoms with Gasteiger partial charge in [0.25, 0.3) is 0 Å². The Hall–Kier alpha value is -1.19. The fraction of sp³-hybridized carbons (Fsp3) is 0.400. The summed E-state index contributed by atoms with van der Waals surface area (Å²) < 4.78 is 0. The van der Waals surface area contributed by atoms with Crippen LogP contribution in [0.3, 0.4) is 0 Å². The first-order chi connectivity index (χ1) is 8.66. The Balaban J connectivity index is 1.87. The lowest BCUT2D eigenvalue weighted by Gasteiger charge is -2.12. The fourth-order valence-corrected chi connectivity index (χ4v) is 2.68. The van der Waals surface area contributed by atoms with E-state index in [1.54, 1.807) is 11.3 Å². The van der Waals surface area contributed by atoms with E-state index in [-0.39, 0.29) is 0 Å². The maximum Gasteiger partial charge on any atom is 0.0965 e. The highest BCUT2D eigenvalue weighted by atomic mass is 32.1. The van der Waals surface area contributed by atoms with E-state index in [1.807, 2.05) is 11.6 Å². The van der Waals surface area contributed by atoms with Crippen molar-refractivity contribution in [1.29, 1.82) is 0 Å². The molecule has 2 rings (SSSR count). The normalized spacial score (nSPS) is 12.6. The Labute approximate surface area is 113 Å². The number of aryl methyl sites for hydroxylation is 2. The second-order valence-corrected chi connectivity index (χ2v) is 5.76. The number of hydrogen-bond acceptors (Lipinski definition) is 3. The molecule has 3 heteroatoms. The minimum Gasteiger partial charge on any atom is -0.312 e. The number of rotatable bonds is 5. The van der Waals surface area contributed by atoms with E-state index in [1.165, 1.54) is 21.7 Å². The molecule has 0 aliphatic rings. The van der Waals surface area contributed by atoms with E-state index in [0.717, 1.165) is 13.1 Å². The lowest BCUT2D eigenvalue weighted by molar-refractivity contribution is 0.611. The first-order valence-electron chi connectivity index (χ1n) is 6.33. The number of benzene rings is 1. The molecule has 1 atom stereocenters. The molecule has 2 aromatic rings. The Bertz CT molecular complexity index is 491. The first-order valence-corrected chi connectivity index (χ1v) is 7.21. The summed E-state index contributed by atoms with van der Waals surface area (Å²) in [5.41, 5.74) is 4.07. The summed E-state index contributed by atoms with van der Waals surface area (Å²) in [6, 6.07) is 6.62. The number of aromatic nitrogens is 1. The van der Waals surface area contributed by atoms with Gasteiger partial charge in [0.1, 0.15) is 0 Å². The molecule has 1 unspecified atom stereocenters. The van der Waals surface area contributed by atoms with E-state index < -0.39 is 0 Å². The molecule has 18 heavy (non-hydrogen) atoms. The Morgan fingerprint density at radius 1 is 1.33 bits per heavy atom. The number of hydrogen-bond donors (Lipinski definition) is 1. The van der Waals surface area contributed by atoms with Gasteiger partial charge < -0.3 is 5.32 Å². The van der Waals surface area contributed by atoms with Crippen LogP contribution < -0.4 is 5.32 Å². The van der Waals surface area contributed by atoms with Gasteiger partial charge in [0.2, 0.25) is 0 Å². The Morgan fingerprint density at radius 2 is 2.17 bits per heavy atom. The van der Waals surface area contributed by atoms with Gasteiger partial charge in [0, 0.05) is 30.6 Å². The van der Waals surface area contributed by atoms with Crippen molar-refractivity contribution in [3.63, 3.8) is 0 Å². The largest absolute Gasteiger partial charge is 0.312 e. The van der Waals surface area contributed by atoms with Gasteiger partial charge in [-0.05, 0) is 25.0 Å². The molecule has 0 aliphatic heterocycles. The van der Waals surface area contributed by atoms with Crippen LogP contribution in [-0.4, -0.2) is 11.5 Å². The van der Waals surface area contributed by atoms with Crippen LogP contribution in [0.5, 0.6) is 0 Å². The fourth-order valence-electron chi connectivity index (χ4n) is 1.98. The van der Waals surface area contributed by atoms with Crippen LogP contribution in [0.25, 0.3) is 0 Å². The molecule has 0 spiro atoms. The third-order valence-electron chi connectivity index (χ3n) is 3.14. The van der Waals surface area contributed by atoms with Gasteiger partial charge in [-0.15, -0.1) is 11.3 Å². The third-order valence-corrected chi connectivity index (χ3v) is 4.15. The average Bonchev–Trinajstić information content (AvgIpc) is 2.87. The second-order valence-electron chi connectivity index (χ2n) is 4.83. The summed E-state index contributed by atoms with van der Waals surface area (Å²) in [7, 11) is 0. The van der Waals surface area contributed by atoms with Crippen molar-refractivity contribution in [1.82, 2.24) is 10.3 Å². The Kier molecular flexibility index (Phi) is 4.50. The summed E-state index contributed by atoms with van der Waals surface area (Å²) in [6.45, 7) is 8.43. The van der Waals surface area contributed by atoms with Crippen molar-refractivity contribution in [2.24, 2.45) is 0 Å². The van der Waals surface area contributed by atoms with Gasteiger partial charge in [0.15, 0.2) is 0 Å². The molecule has 1 N–H and O–H groups in total. The molecular weight excluding hydrogens is 240 g/mol. The molecule has 0 amide bonds. The molecule has 1 aromatic carbocycles. The van der Waals surface area contributed by atoms with Crippen molar-refractivity contribution >= 4 is 11.3 Å². The first kappa shape index (κ1) is 13.2. The van der Waals surface area contributed by atoms with Crippen LogP contribution in [0.4, 0.5) is 0 Å². The molecule has 0 aliphatic carbocycles. The van der Waals surface area contributed by atoms with Crippen LogP contribution in [0.15, 0.2) is 29.8 Å². The van der Waals surface area contributed by atoms with E-state index in [9.17, 15) is 0 Å². The van der Waals surface area contributed by atoms with E-state index in [2.05, 4.69) is 49.3 Å². The predicted octanol–water partition coefficient (Wildman–Crippen LogP) is 3.65. The zero-order valence-corrected chi connectivity index (χ0v) is 12.1. The highest BCUT2D eigenvalue weighted by molar-refractivity contribution is 7.09. The zero-order chi connectivity index (χ0) is 13.0. The minimum atomic E-state index is 0.482. The number of nitrogens with zero attached hydrogens (tertiary/aromatic N) is 1. The maximum absolute atomic E-state index is 4.35. The maximum atomic E-state index is 4.35. The standard InChI is InChI=1S/C15H20N2S/c1-11-4-5-12(2)14(8-11)10-16-9-13(3)15-17-6-7-18-15/h4-8,13,16H,9-10H2,1-3H3.